The van der Waals surface area contributed by atoms with Crippen LogP contribution in [0.2, 0.25) is 0 Å². The van der Waals surface area contributed by atoms with Crippen LogP contribution in [0.4, 0.5) is 5.95 Å². The predicted octanol–water partition coefficient (Wildman–Crippen LogP) is 2.38. The highest BCUT2D eigenvalue weighted by Gasteiger charge is 2.16. The Morgan fingerprint density at radius 2 is 1.89 bits per heavy atom. The van der Waals surface area contributed by atoms with Gasteiger partial charge in [-0.1, -0.05) is 30.3 Å². The van der Waals surface area contributed by atoms with Gasteiger partial charge in [-0.2, -0.15) is 10.2 Å². The lowest BCUT2D eigenvalue weighted by atomic mass is 10.1. The van der Waals surface area contributed by atoms with Gasteiger partial charge in [-0.05, 0) is 13.8 Å². The van der Waals surface area contributed by atoms with Gasteiger partial charge < -0.3 is 10.5 Å². The van der Waals surface area contributed by atoms with Gasteiger partial charge in [0.05, 0.1) is 11.8 Å². The van der Waals surface area contributed by atoms with Crippen molar-refractivity contribution in [2.24, 2.45) is 0 Å². The van der Waals surface area contributed by atoms with Crippen LogP contribution in [0.3, 0.4) is 0 Å². The van der Waals surface area contributed by atoms with E-state index >= 15 is 0 Å². The number of nitriles is 1. The quantitative estimate of drug-likeness (QED) is 0.908. The summed E-state index contributed by atoms with van der Waals surface area (Å²) in [6.07, 6.45) is -0.0926. The minimum absolute atomic E-state index is 0.0912. The molecule has 0 atom stereocenters. The fourth-order valence-electron chi connectivity index (χ4n) is 1.67. The third-order valence-corrected chi connectivity index (χ3v) is 2.40. The maximum absolute atomic E-state index is 9.31. The molecule has 0 amide bonds. The molecular weight excluding hydrogens is 240 g/mol. The summed E-state index contributed by atoms with van der Waals surface area (Å²) in [6.45, 7) is 3.73. The van der Waals surface area contributed by atoms with Crippen molar-refractivity contribution in [1.29, 1.82) is 5.26 Å². The normalized spacial score (nSPS) is 10.2. The van der Waals surface area contributed by atoms with Gasteiger partial charge in [0.15, 0.2) is 0 Å². The van der Waals surface area contributed by atoms with Crippen molar-refractivity contribution in [2.45, 2.75) is 20.0 Å². The van der Waals surface area contributed by atoms with Gasteiger partial charge in [-0.3, -0.25) is 0 Å². The van der Waals surface area contributed by atoms with Crippen LogP contribution in [-0.4, -0.2) is 16.1 Å². The summed E-state index contributed by atoms with van der Waals surface area (Å²) >= 11 is 0. The molecule has 0 spiro atoms. The molecule has 0 aliphatic rings. The molecule has 96 valence electrons. The number of aromatic nitrogens is 2. The van der Waals surface area contributed by atoms with Crippen molar-refractivity contribution in [3.63, 3.8) is 0 Å². The zero-order valence-electron chi connectivity index (χ0n) is 10.8. The van der Waals surface area contributed by atoms with E-state index in [0.29, 0.717) is 11.3 Å². The van der Waals surface area contributed by atoms with E-state index in [4.69, 9.17) is 10.5 Å². The van der Waals surface area contributed by atoms with Crippen molar-refractivity contribution in [2.75, 3.05) is 5.73 Å². The highest BCUT2D eigenvalue weighted by molar-refractivity contribution is 5.69. The van der Waals surface area contributed by atoms with Gasteiger partial charge in [0, 0.05) is 5.56 Å². The molecule has 0 bridgehead atoms. The first-order valence-corrected chi connectivity index (χ1v) is 5.91. The molecule has 1 aromatic heterocycles. The van der Waals surface area contributed by atoms with E-state index in [2.05, 4.69) is 16.0 Å². The van der Waals surface area contributed by atoms with E-state index in [1.807, 2.05) is 44.2 Å². The molecule has 2 aromatic rings. The monoisotopic (exact) mass is 254 g/mol. The smallest absolute Gasteiger partial charge is 0.237 e. The Morgan fingerprint density at radius 3 is 2.47 bits per heavy atom. The number of benzene rings is 1. The molecule has 0 saturated heterocycles. The Morgan fingerprint density at radius 1 is 1.21 bits per heavy atom. The molecule has 5 heteroatoms. The maximum Gasteiger partial charge on any atom is 0.237 e. The predicted molar refractivity (Wildman–Crippen MR) is 72.4 cm³/mol. The van der Waals surface area contributed by atoms with Gasteiger partial charge in [-0.25, -0.2) is 4.98 Å². The highest BCUT2D eigenvalue weighted by atomic mass is 16.5. The molecule has 0 aliphatic heterocycles. The molecule has 0 saturated carbocycles. The number of ether oxygens (including phenoxy) is 1. The van der Waals surface area contributed by atoms with E-state index in [-0.39, 0.29) is 17.9 Å². The number of hydrogen-bond acceptors (Lipinski definition) is 5. The minimum Gasteiger partial charge on any atom is -0.474 e. The summed E-state index contributed by atoms with van der Waals surface area (Å²) in [7, 11) is 0. The second-order valence-electron chi connectivity index (χ2n) is 4.25. The molecular formula is C14H14N4O. The third kappa shape index (κ3) is 2.80. The summed E-state index contributed by atoms with van der Waals surface area (Å²) in [5.74, 6) is 0.317. The van der Waals surface area contributed by atoms with Gasteiger partial charge in [-0.15, -0.1) is 0 Å². The molecule has 0 aliphatic carbocycles. The van der Waals surface area contributed by atoms with Gasteiger partial charge >= 0.3 is 0 Å². The van der Waals surface area contributed by atoms with Crippen LogP contribution in [0.15, 0.2) is 30.3 Å². The molecule has 19 heavy (non-hydrogen) atoms. The van der Waals surface area contributed by atoms with Crippen LogP contribution in [0.5, 0.6) is 5.88 Å². The lowest BCUT2D eigenvalue weighted by molar-refractivity contribution is 0.232. The lowest BCUT2D eigenvalue weighted by Crippen LogP contribution is -2.11. The first-order chi connectivity index (χ1) is 9.11. The molecule has 1 heterocycles. The average molecular weight is 254 g/mol. The summed E-state index contributed by atoms with van der Waals surface area (Å²) < 4.78 is 5.53. The van der Waals surface area contributed by atoms with Crippen LogP contribution < -0.4 is 10.5 Å². The Bertz CT molecular complexity index is 617. The first-order valence-electron chi connectivity index (χ1n) is 5.91. The van der Waals surface area contributed by atoms with Crippen LogP contribution in [0.1, 0.15) is 19.4 Å². The Kier molecular flexibility index (Phi) is 3.62. The maximum atomic E-state index is 9.31. The lowest BCUT2D eigenvalue weighted by Gasteiger charge is -2.12. The van der Waals surface area contributed by atoms with E-state index < -0.39 is 0 Å². The van der Waals surface area contributed by atoms with Crippen LogP contribution in [0, 0.1) is 11.3 Å². The average Bonchev–Trinajstić information content (AvgIpc) is 2.38. The van der Waals surface area contributed by atoms with Gasteiger partial charge in [0.2, 0.25) is 11.8 Å². The molecule has 2 N–H and O–H groups in total. The zero-order valence-corrected chi connectivity index (χ0v) is 10.8. The van der Waals surface area contributed by atoms with Gasteiger partial charge in [0.25, 0.3) is 0 Å². The SMILES string of the molecule is CC(C)Oc1nc(N)nc(-c2ccccc2)c1C#N. The van der Waals surface area contributed by atoms with Crippen molar-refractivity contribution >= 4 is 5.95 Å². The molecule has 5 nitrogen and oxygen atoms in total. The van der Waals surface area contributed by atoms with E-state index in [9.17, 15) is 5.26 Å². The Labute approximate surface area is 111 Å². The van der Waals surface area contributed by atoms with Crippen LogP contribution >= 0.6 is 0 Å². The summed E-state index contributed by atoms with van der Waals surface area (Å²) in [5.41, 5.74) is 7.28. The fourth-order valence-corrected chi connectivity index (χ4v) is 1.67. The number of nitrogens with two attached hydrogens (primary N) is 1. The number of anilines is 1. The van der Waals surface area contributed by atoms with E-state index in [1.54, 1.807) is 0 Å². The van der Waals surface area contributed by atoms with Gasteiger partial charge in [0.1, 0.15) is 11.6 Å². The van der Waals surface area contributed by atoms with Crippen molar-refractivity contribution in [3.05, 3.63) is 35.9 Å². The summed E-state index contributed by atoms with van der Waals surface area (Å²) in [5, 5.41) is 9.31. The van der Waals surface area contributed by atoms with E-state index in [1.165, 1.54) is 0 Å². The molecule has 1 aromatic carbocycles. The fraction of sp³-hybridized carbons (Fsp3) is 0.214. The molecule has 0 unspecified atom stereocenters. The van der Waals surface area contributed by atoms with Crippen molar-refractivity contribution in [1.82, 2.24) is 9.97 Å². The highest BCUT2D eigenvalue weighted by Crippen LogP contribution is 2.28. The molecule has 0 radical (unpaired) electrons. The first kappa shape index (κ1) is 12.8. The van der Waals surface area contributed by atoms with Crippen LogP contribution in [-0.2, 0) is 0 Å². The zero-order chi connectivity index (χ0) is 13.8. The topological polar surface area (TPSA) is 84.8 Å². The standard InChI is InChI=1S/C14H14N4O/c1-9(2)19-13-11(8-15)12(17-14(16)18-13)10-6-4-3-5-7-10/h3-7,9H,1-2H3,(H2,16,17,18). The number of rotatable bonds is 3. The third-order valence-electron chi connectivity index (χ3n) is 2.40. The van der Waals surface area contributed by atoms with Crippen molar-refractivity contribution in [3.8, 4) is 23.2 Å². The molecule has 2 rings (SSSR count). The Balaban J connectivity index is 2.61. The second kappa shape index (κ2) is 5.36. The number of hydrogen-bond donors (Lipinski definition) is 1. The second-order valence-corrected chi connectivity index (χ2v) is 4.25. The minimum atomic E-state index is -0.0926. The summed E-state index contributed by atoms with van der Waals surface area (Å²) in [4.78, 5) is 8.14. The number of nitrogen functional groups attached to an aromatic ring is 1. The number of nitrogens with zero attached hydrogens (tertiary/aromatic N) is 3. The Hall–Kier alpha value is -2.61. The summed E-state index contributed by atoms with van der Waals surface area (Å²) in [6, 6.07) is 11.5. The van der Waals surface area contributed by atoms with E-state index in [0.717, 1.165) is 5.56 Å². The van der Waals surface area contributed by atoms with Crippen molar-refractivity contribution < 1.29 is 4.74 Å². The largest absolute Gasteiger partial charge is 0.474 e. The molecule has 0 fully saturated rings. The van der Waals surface area contributed by atoms with Crippen LogP contribution in [0.25, 0.3) is 11.3 Å².